The van der Waals surface area contributed by atoms with E-state index in [0.717, 1.165) is 40.5 Å². The summed E-state index contributed by atoms with van der Waals surface area (Å²) in [5.41, 5.74) is 1.50. The number of thiazole rings is 1. The van der Waals surface area contributed by atoms with E-state index < -0.39 is 0 Å². The lowest BCUT2D eigenvalue weighted by Crippen LogP contribution is -2.22. The van der Waals surface area contributed by atoms with Crippen molar-refractivity contribution in [1.29, 1.82) is 0 Å². The van der Waals surface area contributed by atoms with Gasteiger partial charge in [-0.25, -0.2) is 14.8 Å². The highest BCUT2D eigenvalue weighted by Crippen LogP contribution is 2.35. The van der Waals surface area contributed by atoms with Gasteiger partial charge in [0.1, 0.15) is 5.01 Å². The van der Waals surface area contributed by atoms with Crippen LogP contribution in [0, 0.1) is 0 Å². The van der Waals surface area contributed by atoms with Crippen molar-refractivity contribution in [2.24, 2.45) is 0 Å². The molecule has 2 aromatic heterocycles. The Balaban J connectivity index is 1.65. The topological polar surface area (TPSA) is 66.2 Å². The summed E-state index contributed by atoms with van der Waals surface area (Å²) in [5, 5.41) is 2.77. The molecule has 0 unspecified atom stereocenters. The number of benzene rings is 1. The summed E-state index contributed by atoms with van der Waals surface area (Å²) in [6, 6.07) is 5.82. The van der Waals surface area contributed by atoms with Gasteiger partial charge < -0.3 is 9.47 Å². The van der Waals surface area contributed by atoms with Gasteiger partial charge in [-0.2, -0.15) is 0 Å². The van der Waals surface area contributed by atoms with Crippen LogP contribution < -0.4 is 15.2 Å². The van der Waals surface area contributed by atoms with Gasteiger partial charge in [-0.3, -0.25) is 4.57 Å². The molecule has 1 aromatic carbocycles. The van der Waals surface area contributed by atoms with Crippen LogP contribution in [0.5, 0.6) is 11.5 Å². The van der Waals surface area contributed by atoms with Crippen molar-refractivity contribution in [2.45, 2.75) is 38.3 Å². The minimum absolute atomic E-state index is 0.242. The molecule has 1 fully saturated rings. The van der Waals surface area contributed by atoms with Gasteiger partial charge in [0.2, 0.25) is 0 Å². The van der Waals surface area contributed by atoms with E-state index in [1.807, 2.05) is 29.8 Å². The van der Waals surface area contributed by atoms with E-state index in [9.17, 15) is 4.79 Å². The van der Waals surface area contributed by atoms with E-state index >= 15 is 0 Å². The summed E-state index contributed by atoms with van der Waals surface area (Å²) in [7, 11) is 1.65. The number of hydrogen-bond donors (Lipinski definition) is 0. The van der Waals surface area contributed by atoms with Crippen LogP contribution in [-0.4, -0.2) is 27.7 Å². The molecule has 3 aromatic rings. The first-order valence-corrected chi connectivity index (χ1v) is 9.91. The second kappa shape index (κ2) is 7.92. The normalized spacial score (nSPS) is 14.4. The average molecular weight is 383 g/mol. The van der Waals surface area contributed by atoms with Gasteiger partial charge in [0.25, 0.3) is 0 Å². The molecule has 0 radical (unpaired) electrons. The molecule has 6 nitrogen and oxygen atoms in total. The first-order chi connectivity index (χ1) is 13.2. The zero-order chi connectivity index (χ0) is 18.6. The maximum absolute atomic E-state index is 12.1. The number of methoxy groups -OCH3 is 1. The smallest absolute Gasteiger partial charge is 0.347 e. The van der Waals surface area contributed by atoms with E-state index in [1.165, 1.54) is 24.2 Å². The quantitative estimate of drug-likeness (QED) is 0.649. The van der Waals surface area contributed by atoms with Gasteiger partial charge in [-0.15, -0.1) is 11.3 Å². The van der Waals surface area contributed by atoms with Crippen molar-refractivity contribution in [3.8, 4) is 22.6 Å². The van der Waals surface area contributed by atoms with Crippen LogP contribution in [-0.2, 0) is 6.54 Å². The minimum atomic E-state index is -0.287. The van der Waals surface area contributed by atoms with Crippen LogP contribution in [0.15, 0.2) is 47.0 Å². The van der Waals surface area contributed by atoms with E-state index in [4.69, 9.17) is 9.47 Å². The molecule has 0 amide bonds. The number of aromatic nitrogens is 3. The summed E-state index contributed by atoms with van der Waals surface area (Å²) in [6.45, 7) is 0.416. The van der Waals surface area contributed by atoms with Crippen LogP contribution in [0.1, 0.15) is 30.7 Å². The highest BCUT2D eigenvalue weighted by atomic mass is 32.1. The fourth-order valence-electron chi connectivity index (χ4n) is 3.33. The lowest BCUT2D eigenvalue weighted by atomic mass is 10.1. The summed E-state index contributed by atoms with van der Waals surface area (Å²) in [6.07, 6.45) is 9.96. The molecule has 7 heteroatoms. The molecule has 0 N–H and O–H groups in total. The Morgan fingerprint density at radius 2 is 2.04 bits per heavy atom. The highest BCUT2D eigenvalue weighted by Gasteiger charge is 2.19. The molecular formula is C20H21N3O3S. The maximum atomic E-state index is 12.1. The fourth-order valence-corrected chi connectivity index (χ4v) is 3.94. The van der Waals surface area contributed by atoms with E-state index in [2.05, 4.69) is 9.97 Å². The Morgan fingerprint density at radius 3 is 2.78 bits per heavy atom. The lowest BCUT2D eigenvalue weighted by molar-refractivity contribution is 0.201. The van der Waals surface area contributed by atoms with Crippen LogP contribution in [0.25, 0.3) is 11.1 Å². The molecule has 0 bridgehead atoms. The van der Waals surface area contributed by atoms with Gasteiger partial charge in [0.15, 0.2) is 11.5 Å². The molecule has 2 heterocycles. The molecule has 0 atom stereocenters. The maximum Gasteiger partial charge on any atom is 0.347 e. The molecule has 1 aliphatic rings. The lowest BCUT2D eigenvalue weighted by Gasteiger charge is -2.17. The number of rotatable bonds is 6. The molecule has 27 heavy (non-hydrogen) atoms. The molecule has 1 aliphatic carbocycles. The molecule has 140 valence electrons. The average Bonchev–Trinajstić information content (AvgIpc) is 3.38. The Kier molecular flexibility index (Phi) is 5.20. The van der Waals surface area contributed by atoms with Crippen LogP contribution in [0.4, 0.5) is 0 Å². The molecule has 1 saturated carbocycles. The monoisotopic (exact) mass is 383 g/mol. The highest BCUT2D eigenvalue weighted by molar-refractivity contribution is 7.09. The SMILES string of the molecule is COc1ccc(-c2cnc(=O)n(Cc3nccs3)c2)cc1OC1CCCC1. The summed E-state index contributed by atoms with van der Waals surface area (Å²) in [4.78, 5) is 20.4. The fraction of sp³-hybridized carbons (Fsp3) is 0.350. The Hall–Kier alpha value is -2.67. The molecule has 0 saturated heterocycles. The Bertz CT molecular complexity index is 963. The van der Waals surface area contributed by atoms with Crippen molar-refractivity contribution < 1.29 is 9.47 Å². The van der Waals surface area contributed by atoms with Crippen LogP contribution >= 0.6 is 11.3 Å². The van der Waals surface area contributed by atoms with E-state index in [0.29, 0.717) is 6.54 Å². The third kappa shape index (κ3) is 4.03. The predicted molar refractivity (Wildman–Crippen MR) is 105 cm³/mol. The third-order valence-electron chi connectivity index (χ3n) is 4.74. The number of nitrogens with zero attached hydrogens (tertiary/aromatic N) is 3. The van der Waals surface area contributed by atoms with Gasteiger partial charge in [-0.1, -0.05) is 6.07 Å². The zero-order valence-electron chi connectivity index (χ0n) is 15.1. The summed E-state index contributed by atoms with van der Waals surface area (Å²) >= 11 is 1.52. The molecular weight excluding hydrogens is 362 g/mol. The number of hydrogen-bond acceptors (Lipinski definition) is 6. The van der Waals surface area contributed by atoms with Crippen molar-refractivity contribution in [2.75, 3.05) is 7.11 Å². The number of ether oxygens (including phenoxy) is 2. The van der Waals surface area contributed by atoms with Gasteiger partial charge in [-0.05, 0) is 43.4 Å². The first-order valence-electron chi connectivity index (χ1n) is 9.03. The van der Waals surface area contributed by atoms with Crippen LogP contribution in [0.2, 0.25) is 0 Å². The largest absolute Gasteiger partial charge is 0.493 e. The van der Waals surface area contributed by atoms with Gasteiger partial charge >= 0.3 is 5.69 Å². The molecule has 0 spiro atoms. The van der Waals surface area contributed by atoms with Gasteiger partial charge in [0.05, 0.1) is 19.8 Å². The standard InChI is InChI=1S/C20H21N3O3S/c1-25-17-7-6-14(10-18(17)26-16-4-2-3-5-16)15-11-22-20(24)23(12-15)13-19-21-8-9-27-19/h6-12,16H,2-5,13H2,1H3. The predicted octanol–water partition coefficient (Wildman–Crippen LogP) is 3.75. The molecule has 0 aliphatic heterocycles. The Labute approximate surface area is 161 Å². The van der Waals surface area contributed by atoms with Crippen molar-refractivity contribution in [1.82, 2.24) is 14.5 Å². The van der Waals surface area contributed by atoms with Crippen molar-refractivity contribution in [3.05, 3.63) is 57.7 Å². The second-order valence-electron chi connectivity index (χ2n) is 6.57. The second-order valence-corrected chi connectivity index (χ2v) is 7.55. The first kappa shape index (κ1) is 17.7. The summed E-state index contributed by atoms with van der Waals surface area (Å²) in [5.74, 6) is 1.45. The molecule has 4 rings (SSSR count). The van der Waals surface area contributed by atoms with E-state index in [1.54, 1.807) is 24.1 Å². The van der Waals surface area contributed by atoms with E-state index in [-0.39, 0.29) is 11.8 Å². The van der Waals surface area contributed by atoms with Crippen LogP contribution in [0.3, 0.4) is 0 Å². The Morgan fingerprint density at radius 1 is 1.19 bits per heavy atom. The van der Waals surface area contributed by atoms with Crippen molar-refractivity contribution >= 4 is 11.3 Å². The minimum Gasteiger partial charge on any atom is -0.493 e. The van der Waals surface area contributed by atoms with Crippen molar-refractivity contribution in [3.63, 3.8) is 0 Å². The zero-order valence-corrected chi connectivity index (χ0v) is 15.9. The summed E-state index contributed by atoms with van der Waals surface area (Å²) < 4.78 is 13.2. The third-order valence-corrected chi connectivity index (χ3v) is 5.50. The van der Waals surface area contributed by atoms with Gasteiger partial charge in [0, 0.05) is 29.5 Å².